The molecule has 2 aromatic heterocycles. The van der Waals surface area contributed by atoms with E-state index in [1.54, 1.807) is 0 Å². The van der Waals surface area contributed by atoms with Crippen LogP contribution in [0.2, 0.25) is 0 Å². The fourth-order valence-corrected chi connectivity index (χ4v) is 6.32. The van der Waals surface area contributed by atoms with Crippen LogP contribution >= 0.6 is 22.7 Å². The highest BCUT2D eigenvalue weighted by molar-refractivity contribution is 7.18. The number of hydrogen-bond donors (Lipinski definition) is 0. The van der Waals surface area contributed by atoms with Crippen molar-refractivity contribution >= 4 is 43.7 Å². The fourth-order valence-electron chi connectivity index (χ4n) is 3.98. The Morgan fingerprint density at radius 2 is 1.57 bits per heavy atom. The molecule has 0 amide bonds. The molecule has 138 valence electrons. The maximum atomic E-state index is 4.94. The lowest BCUT2D eigenvalue weighted by atomic mass is 9.76. The van der Waals surface area contributed by atoms with Crippen LogP contribution in [0.15, 0.2) is 84.2 Å². The van der Waals surface area contributed by atoms with E-state index >= 15 is 0 Å². The Morgan fingerprint density at radius 3 is 2.43 bits per heavy atom. The van der Waals surface area contributed by atoms with Crippen molar-refractivity contribution in [3.63, 3.8) is 0 Å². The van der Waals surface area contributed by atoms with Gasteiger partial charge in [-0.3, -0.25) is 0 Å². The molecular formula is C25H21NS2. The van der Waals surface area contributed by atoms with Gasteiger partial charge in [0.15, 0.2) is 0 Å². The van der Waals surface area contributed by atoms with Crippen LogP contribution in [0.25, 0.3) is 21.0 Å². The molecule has 1 atom stereocenters. The first-order chi connectivity index (χ1) is 13.7. The van der Waals surface area contributed by atoms with Gasteiger partial charge in [-0.05, 0) is 40.3 Å². The fraction of sp³-hybridized carbons (Fsp3) is 0.160. The third-order valence-electron chi connectivity index (χ3n) is 5.49. The van der Waals surface area contributed by atoms with Gasteiger partial charge in [0.25, 0.3) is 0 Å². The number of thiophene rings is 1. The topological polar surface area (TPSA) is 12.9 Å². The van der Waals surface area contributed by atoms with Gasteiger partial charge >= 0.3 is 0 Å². The Hall–Kier alpha value is -2.49. The molecule has 0 saturated heterocycles. The van der Waals surface area contributed by atoms with E-state index in [0.29, 0.717) is 0 Å². The van der Waals surface area contributed by atoms with Gasteiger partial charge in [-0.25, -0.2) is 4.98 Å². The quantitative estimate of drug-likeness (QED) is 0.303. The average molecular weight is 400 g/mol. The highest BCUT2D eigenvalue weighted by Gasteiger charge is 2.30. The van der Waals surface area contributed by atoms with E-state index in [1.165, 1.54) is 30.9 Å². The van der Waals surface area contributed by atoms with Crippen molar-refractivity contribution in [1.29, 1.82) is 0 Å². The summed E-state index contributed by atoms with van der Waals surface area (Å²) in [5.74, 6) is 0. The lowest BCUT2D eigenvalue weighted by molar-refractivity contribution is 0.469. The lowest BCUT2D eigenvalue weighted by Crippen LogP contribution is -2.27. The second-order valence-electron chi connectivity index (χ2n) is 7.60. The second kappa shape index (κ2) is 7.16. The first kappa shape index (κ1) is 17.6. The molecule has 0 aliphatic carbocycles. The first-order valence-electron chi connectivity index (χ1n) is 9.56. The van der Waals surface area contributed by atoms with Crippen LogP contribution in [0.4, 0.5) is 0 Å². The van der Waals surface area contributed by atoms with E-state index in [2.05, 4.69) is 91.2 Å². The van der Waals surface area contributed by atoms with Gasteiger partial charge in [0.2, 0.25) is 0 Å². The van der Waals surface area contributed by atoms with Crippen LogP contribution in [0.5, 0.6) is 0 Å². The first-order valence-corrected chi connectivity index (χ1v) is 11.3. The number of fused-ring (bicyclic) bond motifs is 2. The summed E-state index contributed by atoms with van der Waals surface area (Å²) in [4.78, 5) is 6.40. The zero-order chi connectivity index (χ0) is 19.0. The van der Waals surface area contributed by atoms with Gasteiger partial charge in [-0.15, -0.1) is 22.7 Å². The maximum absolute atomic E-state index is 4.94. The Bertz CT molecular complexity index is 1200. The molecule has 0 N–H and O–H groups in total. The van der Waals surface area contributed by atoms with E-state index in [1.807, 2.05) is 22.7 Å². The van der Waals surface area contributed by atoms with E-state index in [4.69, 9.17) is 4.98 Å². The third-order valence-corrected chi connectivity index (χ3v) is 7.55. The number of hydrogen-bond acceptors (Lipinski definition) is 3. The van der Waals surface area contributed by atoms with Crippen LogP contribution < -0.4 is 0 Å². The molecule has 0 fully saturated rings. The number of aromatic nitrogens is 1. The van der Waals surface area contributed by atoms with Gasteiger partial charge in [-0.1, -0.05) is 73.7 Å². The summed E-state index contributed by atoms with van der Waals surface area (Å²) in [6.07, 6.45) is 1.97. The maximum Gasteiger partial charge on any atom is 0.0947 e. The minimum atomic E-state index is 0.00274. The number of para-hydroxylation sites is 1. The molecule has 5 rings (SSSR count). The van der Waals surface area contributed by atoms with Crippen molar-refractivity contribution in [2.75, 3.05) is 0 Å². The number of nitrogens with zero attached hydrogens (tertiary/aromatic N) is 1. The molecule has 0 spiro atoms. The summed E-state index contributed by atoms with van der Waals surface area (Å²) in [5, 5.41) is 6.23. The Labute approximate surface area is 173 Å². The highest BCUT2D eigenvalue weighted by Crippen LogP contribution is 2.38. The largest absolute Gasteiger partial charge is 0.241 e. The molecule has 0 saturated carbocycles. The van der Waals surface area contributed by atoms with E-state index in [-0.39, 0.29) is 5.41 Å². The zero-order valence-corrected chi connectivity index (χ0v) is 17.4. The van der Waals surface area contributed by atoms with Crippen molar-refractivity contribution in [3.8, 4) is 0 Å². The molecule has 3 heteroatoms. The summed E-state index contributed by atoms with van der Waals surface area (Å²) in [5.41, 5.74) is 2.49. The van der Waals surface area contributed by atoms with Gasteiger partial charge in [-0.2, -0.15) is 0 Å². The van der Waals surface area contributed by atoms with Crippen molar-refractivity contribution in [1.82, 2.24) is 4.98 Å². The van der Waals surface area contributed by atoms with E-state index in [9.17, 15) is 0 Å². The Balaban J connectivity index is 1.57. The van der Waals surface area contributed by atoms with Gasteiger partial charge in [0.1, 0.15) is 0 Å². The van der Waals surface area contributed by atoms with Crippen LogP contribution in [0.1, 0.15) is 22.4 Å². The molecule has 28 heavy (non-hydrogen) atoms. The van der Waals surface area contributed by atoms with Crippen LogP contribution in [-0.2, 0) is 18.3 Å². The van der Waals surface area contributed by atoms with Crippen molar-refractivity contribution in [2.45, 2.75) is 25.2 Å². The molecule has 3 aromatic carbocycles. The predicted octanol–water partition coefficient (Wildman–Crippen LogP) is 7.25. The average Bonchev–Trinajstić information content (AvgIpc) is 3.32. The standard InChI is InChI=1S/C25H21NS2/c1-25(19-10-3-2-4-11-19,15-23-20-12-6-5-9-18(20)17-27-23)16-24-26-21-13-7-8-14-22(21)28-24/h2-14,17H,15-16H2,1H3. The Kier molecular flexibility index (Phi) is 4.50. The lowest BCUT2D eigenvalue weighted by Gasteiger charge is -2.29. The predicted molar refractivity (Wildman–Crippen MR) is 123 cm³/mol. The minimum Gasteiger partial charge on any atom is -0.241 e. The van der Waals surface area contributed by atoms with Crippen LogP contribution in [0.3, 0.4) is 0 Å². The Morgan fingerprint density at radius 1 is 0.821 bits per heavy atom. The summed E-state index contributed by atoms with van der Waals surface area (Å²) in [6, 6.07) is 28.1. The van der Waals surface area contributed by atoms with Crippen molar-refractivity contribution < 1.29 is 0 Å². The molecule has 0 bridgehead atoms. The number of thiazole rings is 1. The molecule has 0 aliphatic rings. The van der Waals surface area contributed by atoms with E-state index < -0.39 is 0 Å². The zero-order valence-electron chi connectivity index (χ0n) is 15.8. The summed E-state index contributed by atoms with van der Waals surface area (Å²) < 4.78 is 1.27. The number of benzene rings is 3. The molecule has 1 nitrogen and oxygen atoms in total. The minimum absolute atomic E-state index is 0.00274. The second-order valence-corrected chi connectivity index (χ2v) is 9.68. The monoisotopic (exact) mass is 399 g/mol. The van der Waals surface area contributed by atoms with E-state index in [0.717, 1.165) is 18.4 Å². The molecule has 5 aromatic rings. The van der Waals surface area contributed by atoms with Gasteiger partial charge in [0.05, 0.1) is 15.2 Å². The van der Waals surface area contributed by atoms with Crippen molar-refractivity contribution in [2.24, 2.45) is 0 Å². The molecular weight excluding hydrogens is 378 g/mol. The highest BCUT2D eigenvalue weighted by atomic mass is 32.1. The van der Waals surface area contributed by atoms with Gasteiger partial charge < -0.3 is 0 Å². The molecule has 0 aliphatic heterocycles. The van der Waals surface area contributed by atoms with Crippen LogP contribution in [-0.4, -0.2) is 4.98 Å². The summed E-state index contributed by atoms with van der Waals surface area (Å²) in [7, 11) is 0. The normalized spacial score (nSPS) is 13.8. The van der Waals surface area contributed by atoms with Gasteiger partial charge in [0, 0.05) is 16.7 Å². The smallest absolute Gasteiger partial charge is 0.0947 e. The molecule has 2 heterocycles. The molecule has 1 unspecified atom stereocenters. The third kappa shape index (κ3) is 3.25. The van der Waals surface area contributed by atoms with Crippen molar-refractivity contribution in [3.05, 3.63) is 99.7 Å². The molecule has 0 radical (unpaired) electrons. The summed E-state index contributed by atoms with van der Waals surface area (Å²) >= 11 is 3.71. The summed E-state index contributed by atoms with van der Waals surface area (Å²) in [6.45, 7) is 2.39. The van der Waals surface area contributed by atoms with Crippen LogP contribution in [0, 0.1) is 0 Å². The number of rotatable bonds is 5. The SMILES string of the molecule is CC(Cc1nc2ccccc2s1)(Cc1scc2ccccc12)c1ccccc1.